The predicted molar refractivity (Wildman–Crippen MR) is 71.8 cm³/mol. The molecule has 3 N–H and O–H groups in total. The maximum atomic E-state index is 5.91. The standard InChI is InChI=1S/C11H15N5OS/c1-3-17-11-9(12)10(15-6-16-11)14-5-8-4-13-7(2)18-8/h4,6H,3,5,12H2,1-2H3,(H,14,15,16). The highest BCUT2D eigenvalue weighted by Crippen LogP contribution is 2.25. The van der Waals surface area contributed by atoms with Crippen LogP contribution in [0, 0.1) is 6.92 Å². The van der Waals surface area contributed by atoms with E-state index in [0.717, 1.165) is 9.88 Å². The van der Waals surface area contributed by atoms with Crippen LogP contribution >= 0.6 is 11.3 Å². The maximum Gasteiger partial charge on any atom is 0.242 e. The van der Waals surface area contributed by atoms with Crippen LogP contribution in [0.25, 0.3) is 0 Å². The first kappa shape index (κ1) is 12.6. The Morgan fingerprint density at radius 2 is 2.22 bits per heavy atom. The molecule has 0 aliphatic carbocycles. The Morgan fingerprint density at radius 3 is 2.89 bits per heavy atom. The second-order valence-corrected chi connectivity index (χ2v) is 4.89. The van der Waals surface area contributed by atoms with E-state index >= 15 is 0 Å². The van der Waals surface area contributed by atoms with Crippen molar-refractivity contribution in [1.82, 2.24) is 15.0 Å². The van der Waals surface area contributed by atoms with Crippen LogP contribution in [0.3, 0.4) is 0 Å². The van der Waals surface area contributed by atoms with Gasteiger partial charge in [0.15, 0.2) is 5.82 Å². The smallest absolute Gasteiger partial charge is 0.242 e. The Bertz CT molecular complexity index is 528. The average molecular weight is 265 g/mol. The number of nitrogens with zero attached hydrogens (tertiary/aromatic N) is 3. The first-order chi connectivity index (χ1) is 8.70. The van der Waals surface area contributed by atoms with E-state index in [-0.39, 0.29) is 0 Å². The summed E-state index contributed by atoms with van der Waals surface area (Å²) >= 11 is 1.64. The van der Waals surface area contributed by atoms with Crippen molar-refractivity contribution in [2.45, 2.75) is 20.4 Å². The van der Waals surface area contributed by atoms with Crippen LogP contribution in [0.5, 0.6) is 5.88 Å². The molecule has 7 heteroatoms. The molecule has 96 valence electrons. The summed E-state index contributed by atoms with van der Waals surface area (Å²) in [6.45, 7) is 5.02. The molecule has 0 spiro atoms. The number of hydrogen-bond acceptors (Lipinski definition) is 7. The largest absolute Gasteiger partial charge is 0.476 e. The lowest BCUT2D eigenvalue weighted by molar-refractivity contribution is 0.328. The van der Waals surface area contributed by atoms with Gasteiger partial charge in [0.05, 0.1) is 18.2 Å². The Kier molecular flexibility index (Phi) is 3.93. The number of ether oxygens (including phenoxy) is 1. The van der Waals surface area contributed by atoms with Crippen LogP contribution in [0.15, 0.2) is 12.5 Å². The molecule has 0 unspecified atom stereocenters. The molecular formula is C11H15N5OS. The predicted octanol–water partition coefficient (Wildman–Crippen LogP) is 1.83. The first-order valence-electron chi connectivity index (χ1n) is 5.59. The van der Waals surface area contributed by atoms with Crippen LogP contribution in [0.2, 0.25) is 0 Å². The number of nitrogen functional groups attached to an aromatic ring is 1. The highest BCUT2D eigenvalue weighted by atomic mass is 32.1. The SMILES string of the molecule is CCOc1ncnc(NCc2cnc(C)s2)c1N. The summed E-state index contributed by atoms with van der Waals surface area (Å²) in [5, 5.41) is 4.19. The van der Waals surface area contributed by atoms with Gasteiger partial charge in [-0.25, -0.2) is 9.97 Å². The highest BCUT2D eigenvalue weighted by molar-refractivity contribution is 7.11. The Hall–Kier alpha value is -1.89. The van der Waals surface area contributed by atoms with E-state index in [1.807, 2.05) is 20.0 Å². The molecule has 0 saturated carbocycles. The van der Waals surface area contributed by atoms with Crippen molar-refractivity contribution < 1.29 is 4.74 Å². The molecular weight excluding hydrogens is 250 g/mol. The molecule has 0 aromatic carbocycles. The van der Waals surface area contributed by atoms with E-state index < -0.39 is 0 Å². The fourth-order valence-corrected chi connectivity index (χ4v) is 2.16. The summed E-state index contributed by atoms with van der Waals surface area (Å²) in [5.41, 5.74) is 6.35. The van der Waals surface area contributed by atoms with Gasteiger partial charge in [0, 0.05) is 11.1 Å². The van der Waals surface area contributed by atoms with Gasteiger partial charge < -0.3 is 15.8 Å². The molecule has 0 radical (unpaired) electrons. The molecule has 0 fully saturated rings. The van der Waals surface area contributed by atoms with E-state index in [1.54, 1.807) is 11.3 Å². The van der Waals surface area contributed by atoms with Crippen molar-refractivity contribution in [3.05, 3.63) is 22.4 Å². The topological polar surface area (TPSA) is 86.0 Å². The van der Waals surface area contributed by atoms with Crippen molar-refractivity contribution in [3.63, 3.8) is 0 Å². The van der Waals surface area contributed by atoms with Gasteiger partial charge in [-0.15, -0.1) is 11.3 Å². The number of nitrogens with two attached hydrogens (primary N) is 1. The molecule has 6 nitrogen and oxygen atoms in total. The second-order valence-electron chi connectivity index (χ2n) is 3.57. The van der Waals surface area contributed by atoms with Crippen LogP contribution in [0.1, 0.15) is 16.8 Å². The lowest BCUT2D eigenvalue weighted by Crippen LogP contribution is -2.07. The van der Waals surface area contributed by atoms with Gasteiger partial charge in [-0.1, -0.05) is 0 Å². The third-order valence-electron chi connectivity index (χ3n) is 2.23. The minimum absolute atomic E-state index is 0.412. The van der Waals surface area contributed by atoms with Crippen molar-refractivity contribution in [1.29, 1.82) is 0 Å². The normalized spacial score (nSPS) is 10.3. The summed E-state index contributed by atoms with van der Waals surface area (Å²) in [7, 11) is 0. The van der Waals surface area contributed by atoms with E-state index in [4.69, 9.17) is 10.5 Å². The first-order valence-corrected chi connectivity index (χ1v) is 6.40. The molecule has 0 aliphatic heterocycles. The molecule has 2 aromatic rings. The third-order valence-corrected chi connectivity index (χ3v) is 3.14. The summed E-state index contributed by atoms with van der Waals surface area (Å²) in [6.07, 6.45) is 3.27. The lowest BCUT2D eigenvalue weighted by Gasteiger charge is -2.10. The summed E-state index contributed by atoms with van der Waals surface area (Å²) < 4.78 is 5.31. The van der Waals surface area contributed by atoms with Crippen molar-refractivity contribution >= 4 is 22.8 Å². The van der Waals surface area contributed by atoms with Gasteiger partial charge in [0.25, 0.3) is 0 Å². The summed E-state index contributed by atoms with van der Waals surface area (Å²) in [5.74, 6) is 0.995. The Balaban J connectivity index is 2.07. The Labute approximate surface area is 109 Å². The van der Waals surface area contributed by atoms with E-state index in [9.17, 15) is 0 Å². The number of aryl methyl sites for hydroxylation is 1. The molecule has 0 amide bonds. The van der Waals surface area contributed by atoms with Gasteiger partial charge >= 0.3 is 0 Å². The van der Waals surface area contributed by atoms with Crippen molar-refractivity contribution in [2.75, 3.05) is 17.7 Å². The molecule has 2 heterocycles. The van der Waals surface area contributed by atoms with Gasteiger partial charge in [-0.3, -0.25) is 0 Å². The number of anilines is 2. The van der Waals surface area contributed by atoms with Crippen LogP contribution in [0.4, 0.5) is 11.5 Å². The minimum Gasteiger partial charge on any atom is -0.476 e. The number of aromatic nitrogens is 3. The zero-order valence-electron chi connectivity index (χ0n) is 10.3. The van der Waals surface area contributed by atoms with Gasteiger partial charge in [-0.05, 0) is 13.8 Å². The molecule has 18 heavy (non-hydrogen) atoms. The maximum absolute atomic E-state index is 5.91. The fourth-order valence-electron chi connectivity index (χ4n) is 1.43. The average Bonchev–Trinajstić information content (AvgIpc) is 2.77. The van der Waals surface area contributed by atoms with Crippen molar-refractivity contribution in [2.24, 2.45) is 0 Å². The van der Waals surface area contributed by atoms with E-state index in [0.29, 0.717) is 30.5 Å². The summed E-state index contributed by atoms with van der Waals surface area (Å²) in [6, 6.07) is 0. The van der Waals surface area contributed by atoms with E-state index in [1.165, 1.54) is 6.33 Å². The van der Waals surface area contributed by atoms with Crippen molar-refractivity contribution in [3.8, 4) is 5.88 Å². The minimum atomic E-state index is 0.412. The summed E-state index contributed by atoms with van der Waals surface area (Å²) in [4.78, 5) is 13.4. The highest BCUT2D eigenvalue weighted by Gasteiger charge is 2.08. The Morgan fingerprint density at radius 1 is 1.39 bits per heavy atom. The zero-order valence-corrected chi connectivity index (χ0v) is 11.1. The molecule has 0 bridgehead atoms. The molecule has 0 aliphatic rings. The van der Waals surface area contributed by atoms with Gasteiger partial charge in [-0.2, -0.15) is 4.98 Å². The number of rotatable bonds is 5. The molecule has 0 atom stereocenters. The molecule has 2 rings (SSSR count). The zero-order chi connectivity index (χ0) is 13.0. The van der Waals surface area contributed by atoms with E-state index in [2.05, 4.69) is 20.3 Å². The number of nitrogens with one attached hydrogen (secondary N) is 1. The quantitative estimate of drug-likeness (QED) is 0.857. The monoisotopic (exact) mass is 265 g/mol. The second kappa shape index (κ2) is 5.63. The molecule has 0 saturated heterocycles. The fraction of sp³-hybridized carbons (Fsp3) is 0.364. The van der Waals surface area contributed by atoms with Gasteiger partial charge in [0.1, 0.15) is 12.0 Å². The van der Waals surface area contributed by atoms with Crippen LogP contribution in [-0.4, -0.2) is 21.6 Å². The third kappa shape index (κ3) is 2.86. The van der Waals surface area contributed by atoms with Crippen LogP contribution < -0.4 is 15.8 Å². The number of hydrogen-bond donors (Lipinski definition) is 2. The molecule has 2 aromatic heterocycles. The lowest BCUT2D eigenvalue weighted by atomic mass is 10.4. The number of thiazole rings is 1. The van der Waals surface area contributed by atoms with Crippen LogP contribution in [-0.2, 0) is 6.54 Å². The van der Waals surface area contributed by atoms with Gasteiger partial charge in [0.2, 0.25) is 5.88 Å².